The van der Waals surface area contributed by atoms with Crippen LogP contribution in [0.15, 0.2) is 24.3 Å². The summed E-state index contributed by atoms with van der Waals surface area (Å²) < 4.78 is 68.3. The second kappa shape index (κ2) is 65.5. The van der Waals surface area contributed by atoms with Crippen molar-refractivity contribution in [2.24, 2.45) is 11.8 Å². The molecule has 0 bridgehead atoms. The Kier molecular flexibility index (Phi) is 63.7. The van der Waals surface area contributed by atoms with Gasteiger partial charge in [-0.2, -0.15) is 0 Å². The predicted molar refractivity (Wildman–Crippen MR) is 377 cm³/mol. The number of aliphatic hydroxyl groups excluding tert-OH is 1. The Bertz CT molecular complexity index is 1900. The van der Waals surface area contributed by atoms with Crippen LogP contribution >= 0.6 is 15.6 Å². The van der Waals surface area contributed by atoms with Gasteiger partial charge in [0.1, 0.15) is 19.3 Å². The summed E-state index contributed by atoms with van der Waals surface area (Å²) in [6.07, 6.45) is 55.1. The summed E-state index contributed by atoms with van der Waals surface area (Å²) in [5, 5.41) is 10.6. The molecule has 0 aromatic carbocycles. The van der Waals surface area contributed by atoms with Crippen LogP contribution in [0, 0.1) is 11.8 Å². The van der Waals surface area contributed by atoms with E-state index in [4.69, 9.17) is 37.0 Å². The summed E-state index contributed by atoms with van der Waals surface area (Å²) in [5.74, 6) is -0.730. The topological polar surface area (TPSA) is 237 Å². The normalized spacial score (nSPS) is 14.5. The van der Waals surface area contributed by atoms with Gasteiger partial charge in [-0.1, -0.05) is 303 Å². The molecule has 0 aliphatic rings. The van der Waals surface area contributed by atoms with Crippen molar-refractivity contribution in [3.05, 3.63) is 24.3 Å². The smallest absolute Gasteiger partial charge is 0.462 e. The summed E-state index contributed by atoms with van der Waals surface area (Å²) in [7, 11) is -9.92. The molecule has 3 N–H and O–H groups in total. The van der Waals surface area contributed by atoms with Crippen LogP contribution in [0.4, 0.5) is 0 Å². The number of unbranched alkanes of at least 4 members (excludes halogenated alkanes) is 37. The number of hydrogen-bond donors (Lipinski definition) is 3. The fourth-order valence-corrected chi connectivity index (χ4v) is 12.3. The lowest BCUT2D eigenvalue weighted by molar-refractivity contribution is -0.161. The van der Waals surface area contributed by atoms with Gasteiger partial charge in [-0.25, -0.2) is 9.13 Å². The van der Waals surface area contributed by atoms with Crippen molar-refractivity contribution in [2.45, 2.75) is 374 Å². The third-order valence-electron chi connectivity index (χ3n) is 16.9. The van der Waals surface area contributed by atoms with Gasteiger partial charge in [0.05, 0.1) is 26.4 Å². The minimum Gasteiger partial charge on any atom is -0.462 e. The van der Waals surface area contributed by atoms with Gasteiger partial charge >= 0.3 is 39.5 Å². The van der Waals surface area contributed by atoms with Crippen LogP contribution < -0.4 is 0 Å². The molecule has 0 fully saturated rings. The summed E-state index contributed by atoms with van der Waals surface area (Å²) in [5.41, 5.74) is 0. The summed E-state index contributed by atoms with van der Waals surface area (Å²) >= 11 is 0. The second-order valence-electron chi connectivity index (χ2n) is 26.7. The van der Waals surface area contributed by atoms with E-state index < -0.39 is 97.5 Å². The molecular formula is C74H140O17P2. The molecule has 0 aliphatic heterocycles. The van der Waals surface area contributed by atoms with E-state index in [1.807, 2.05) is 0 Å². The van der Waals surface area contributed by atoms with Crippen LogP contribution in [0.25, 0.3) is 0 Å². The minimum atomic E-state index is -4.96. The van der Waals surface area contributed by atoms with Crippen molar-refractivity contribution in [1.29, 1.82) is 0 Å². The molecule has 0 amide bonds. The van der Waals surface area contributed by atoms with Gasteiger partial charge < -0.3 is 33.8 Å². The number of hydrogen-bond acceptors (Lipinski definition) is 15. The number of phosphoric acid groups is 2. The molecule has 17 nitrogen and oxygen atoms in total. The lowest BCUT2D eigenvalue weighted by atomic mass is 10.00. The van der Waals surface area contributed by atoms with Gasteiger partial charge in [0.25, 0.3) is 0 Å². The first kappa shape index (κ1) is 90.5. The van der Waals surface area contributed by atoms with Gasteiger partial charge in [-0.05, 0) is 63.2 Å². The van der Waals surface area contributed by atoms with Crippen molar-refractivity contribution in [3.8, 4) is 0 Å². The molecule has 0 rings (SSSR count). The number of carbonyl (C=O) groups is 4. The maximum absolute atomic E-state index is 13.1. The molecular weight excluding hydrogens is 1220 g/mol. The van der Waals surface area contributed by atoms with Gasteiger partial charge in [0, 0.05) is 25.7 Å². The highest BCUT2D eigenvalue weighted by Crippen LogP contribution is 2.45. The Balaban J connectivity index is 5.26. The van der Waals surface area contributed by atoms with Gasteiger partial charge in [-0.15, -0.1) is 0 Å². The van der Waals surface area contributed by atoms with Crippen LogP contribution in [0.1, 0.15) is 356 Å². The molecule has 0 aromatic rings. The molecule has 3 unspecified atom stereocenters. The fourth-order valence-electron chi connectivity index (χ4n) is 10.7. The lowest BCUT2D eigenvalue weighted by Crippen LogP contribution is -2.30. The number of ether oxygens (including phenoxy) is 4. The third-order valence-corrected chi connectivity index (χ3v) is 18.8. The fraction of sp³-hybridized carbons (Fsp3) is 0.892. The zero-order chi connectivity index (χ0) is 68.6. The van der Waals surface area contributed by atoms with E-state index in [1.165, 1.54) is 148 Å². The first-order valence-corrected chi connectivity index (χ1v) is 40.8. The summed E-state index contributed by atoms with van der Waals surface area (Å²) in [6, 6.07) is 0. The molecule has 548 valence electrons. The van der Waals surface area contributed by atoms with Crippen molar-refractivity contribution >= 4 is 39.5 Å². The zero-order valence-corrected chi connectivity index (χ0v) is 61.8. The van der Waals surface area contributed by atoms with E-state index >= 15 is 0 Å². The predicted octanol–water partition coefficient (Wildman–Crippen LogP) is 21.1. The molecule has 0 saturated heterocycles. The number of allylic oxidation sites excluding steroid dienone is 4. The number of carbonyl (C=O) groups excluding carboxylic acids is 4. The Morgan fingerprint density at radius 1 is 0.355 bits per heavy atom. The van der Waals surface area contributed by atoms with Crippen molar-refractivity contribution in [1.82, 2.24) is 0 Å². The Labute approximate surface area is 567 Å². The van der Waals surface area contributed by atoms with Crippen molar-refractivity contribution in [2.75, 3.05) is 39.6 Å². The molecule has 93 heavy (non-hydrogen) atoms. The zero-order valence-electron chi connectivity index (χ0n) is 60.0. The summed E-state index contributed by atoms with van der Waals surface area (Å²) in [6.45, 7) is 9.40. The maximum Gasteiger partial charge on any atom is 0.472 e. The van der Waals surface area contributed by atoms with Crippen LogP contribution in [0.5, 0.6) is 0 Å². The monoisotopic (exact) mass is 1360 g/mol. The highest BCUT2D eigenvalue weighted by atomic mass is 31.2. The van der Waals surface area contributed by atoms with E-state index in [0.717, 1.165) is 121 Å². The maximum atomic E-state index is 13.1. The van der Waals surface area contributed by atoms with Crippen LogP contribution in [0.2, 0.25) is 0 Å². The molecule has 0 radical (unpaired) electrons. The van der Waals surface area contributed by atoms with Gasteiger partial charge in [0.15, 0.2) is 12.2 Å². The van der Waals surface area contributed by atoms with E-state index in [2.05, 4.69) is 65.8 Å². The average Bonchev–Trinajstić information content (AvgIpc) is 2.85. The lowest BCUT2D eigenvalue weighted by Gasteiger charge is -2.21. The van der Waals surface area contributed by atoms with Gasteiger partial charge in [-0.3, -0.25) is 37.3 Å². The Morgan fingerprint density at radius 2 is 0.634 bits per heavy atom. The van der Waals surface area contributed by atoms with Crippen LogP contribution in [-0.2, 0) is 65.4 Å². The van der Waals surface area contributed by atoms with E-state index in [9.17, 15) is 43.2 Å². The molecule has 19 heteroatoms. The number of phosphoric ester groups is 2. The average molecular weight is 1360 g/mol. The molecule has 0 aliphatic carbocycles. The quantitative estimate of drug-likeness (QED) is 0.0169. The molecule has 0 aromatic heterocycles. The van der Waals surface area contributed by atoms with E-state index in [1.54, 1.807) is 0 Å². The minimum absolute atomic E-state index is 0.100. The second-order valence-corrected chi connectivity index (χ2v) is 29.6. The first-order chi connectivity index (χ1) is 44.9. The van der Waals surface area contributed by atoms with E-state index in [-0.39, 0.29) is 25.7 Å². The Hall–Kier alpha value is -2.46. The first-order valence-electron chi connectivity index (χ1n) is 37.8. The molecule has 6 atom stereocenters. The number of aliphatic hydroxyl groups is 1. The Morgan fingerprint density at radius 3 is 0.968 bits per heavy atom. The van der Waals surface area contributed by atoms with Crippen LogP contribution in [0.3, 0.4) is 0 Å². The highest BCUT2D eigenvalue weighted by molar-refractivity contribution is 7.47. The van der Waals surface area contributed by atoms with Crippen molar-refractivity contribution < 1.29 is 80.2 Å². The number of esters is 4. The third kappa shape index (κ3) is 66.6. The van der Waals surface area contributed by atoms with E-state index in [0.29, 0.717) is 31.6 Å². The molecule has 0 heterocycles. The van der Waals surface area contributed by atoms with Crippen molar-refractivity contribution in [3.63, 3.8) is 0 Å². The standard InChI is InChI=1S/C74H140O17P2/c1-7-10-12-14-16-18-20-22-24-25-26-28-30-32-34-38-46-52-58-73(78)90-69(62-84-71(76)56-50-44-37-33-31-29-27-23-21-19-17-15-13-11-8-2)64-88-92(80,81)86-60-68(75)61-87-93(82,83)89-65-70(91-74(79)59-53-47-39-35-36-42-48-54-66(4)5)63-85-72(77)57-51-45-41-40-43-49-55-67(6)9-3/h19,21,23,27,66-70,75H,7-18,20,22,24-26,28-65H2,1-6H3,(H,80,81)(H,82,83)/b21-19-,27-23-/t67?,68-,69-,70-/m1/s1. The SMILES string of the molecule is CCCCCC/C=C\C=C/CCCCCCCC(=O)OC[C@H](COP(=O)(O)OC[C@@H](O)COP(=O)(O)OC[C@@H](COC(=O)CCCCCCCCC(C)CC)OC(=O)CCCCCCCCCC(C)C)OC(=O)CCCCCCCCCCCCCCCCCCCC. The molecule has 0 spiro atoms. The largest absolute Gasteiger partial charge is 0.472 e. The summed E-state index contributed by atoms with van der Waals surface area (Å²) in [4.78, 5) is 72.6. The highest BCUT2D eigenvalue weighted by Gasteiger charge is 2.30. The van der Waals surface area contributed by atoms with Gasteiger partial charge in [0.2, 0.25) is 0 Å². The number of rotatable bonds is 71. The van der Waals surface area contributed by atoms with Crippen LogP contribution in [-0.4, -0.2) is 96.7 Å². The molecule has 0 saturated carbocycles.